The highest BCUT2D eigenvalue weighted by atomic mass is 16.5. The molecule has 0 aromatic heterocycles. The number of nitrogens with zero attached hydrogens (tertiary/aromatic N) is 1. The van der Waals surface area contributed by atoms with Gasteiger partial charge >= 0.3 is 5.97 Å². The number of benzene rings is 1. The number of ether oxygens (including phenoxy) is 2. The second-order valence-electron chi connectivity index (χ2n) is 8.85. The molecule has 7 heteroatoms. The van der Waals surface area contributed by atoms with Crippen molar-refractivity contribution in [1.82, 2.24) is 10.2 Å². The minimum absolute atomic E-state index is 0.141. The average Bonchev–Trinajstić information content (AvgIpc) is 2.79. The van der Waals surface area contributed by atoms with Crippen LogP contribution < -0.4 is 10.1 Å². The van der Waals surface area contributed by atoms with Crippen molar-refractivity contribution < 1.29 is 23.9 Å². The van der Waals surface area contributed by atoms with Crippen molar-refractivity contribution in [3.63, 3.8) is 0 Å². The first-order valence-corrected chi connectivity index (χ1v) is 12.3. The lowest BCUT2D eigenvalue weighted by Crippen LogP contribution is -2.58. The molecule has 0 radical (unpaired) electrons. The van der Waals surface area contributed by atoms with Crippen molar-refractivity contribution >= 4 is 17.8 Å². The monoisotopic (exact) mass is 460 g/mol. The van der Waals surface area contributed by atoms with E-state index in [4.69, 9.17) is 9.47 Å². The highest BCUT2D eigenvalue weighted by Crippen LogP contribution is 2.20. The Bertz CT molecular complexity index is 780. The first-order valence-electron chi connectivity index (χ1n) is 12.3. The zero-order valence-electron chi connectivity index (χ0n) is 20.5. The van der Waals surface area contributed by atoms with Crippen LogP contribution in [0.3, 0.4) is 0 Å². The van der Waals surface area contributed by atoms with Crippen LogP contribution in [0, 0.1) is 13.8 Å². The van der Waals surface area contributed by atoms with Crippen LogP contribution in [0.2, 0.25) is 0 Å². The average molecular weight is 461 g/mol. The van der Waals surface area contributed by atoms with E-state index in [1.807, 2.05) is 32.0 Å². The van der Waals surface area contributed by atoms with Gasteiger partial charge in [-0.3, -0.25) is 14.4 Å². The van der Waals surface area contributed by atoms with Crippen molar-refractivity contribution in [2.45, 2.75) is 84.6 Å². The largest absolute Gasteiger partial charge is 0.483 e. The van der Waals surface area contributed by atoms with Crippen LogP contribution in [-0.2, 0) is 19.1 Å². The van der Waals surface area contributed by atoms with Crippen molar-refractivity contribution in [1.29, 1.82) is 0 Å². The Labute approximate surface area is 198 Å². The van der Waals surface area contributed by atoms with Crippen LogP contribution >= 0.6 is 0 Å². The molecule has 1 aliphatic heterocycles. The Morgan fingerprint density at radius 1 is 1.06 bits per heavy atom. The van der Waals surface area contributed by atoms with E-state index in [2.05, 4.69) is 12.2 Å². The van der Waals surface area contributed by atoms with E-state index in [1.54, 1.807) is 0 Å². The van der Waals surface area contributed by atoms with Crippen LogP contribution in [0.4, 0.5) is 0 Å². The fourth-order valence-corrected chi connectivity index (χ4v) is 3.94. The predicted molar refractivity (Wildman–Crippen MR) is 128 cm³/mol. The summed E-state index contributed by atoms with van der Waals surface area (Å²) in [5.41, 5.74) is 1.98. The summed E-state index contributed by atoms with van der Waals surface area (Å²) in [5, 5.41) is 2.74. The number of hydrogen-bond acceptors (Lipinski definition) is 5. The van der Waals surface area contributed by atoms with Crippen molar-refractivity contribution in [2.24, 2.45) is 0 Å². The number of carbonyl (C=O) groups is 3. The van der Waals surface area contributed by atoms with Crippen molar-refractivity contribution in [3.8, 4) is 5.75 Å². The van der Waals surface area contributed by atoms with Crippen LogP contribution in [-0.4, -0.2) is 55.0 Å². The Kier molecular flexibility index (Phi) is 11.8. The molecule has 1 aliphatic rings. The smallest absolute Gasteiger partial charge is 0.308 e. The van der Waals surface area contributed by atoms with Crippen LogP contribution in [0.1, 0.15) is 75.8 Å². The SMILES string of the molecule is CCCCCCCCCCOC(=O)CC1C(=O)NCCN1C(=O)COc1cc(C)ccc1C. The molecule has 33 heavy (non-hydrogen) atoms. The standard InChI is InChI=1S/C26H40N2O5/c1-4-5-6-7-8-9-10-11-16-32-25(30)18-22-26(31)27-14-15-28(22)24(29)19-33-23-17-20(2)12-13-21(23)3/h12-13,17,22H,4-11,14-16,18-19H2,1-3H3,(H,27,31). The Morgan fingerprint density at radius 3 is 2.48 bits per heavy atom. The zero-order chi connectivity index (χ0) is 24.1. The second-order valence-corrected chi connectivity index (χ2v) is 8.85. The molecule has 1 atom stereocenters. The molecule has 0 spiro atoms. The van der Waals surface area contributed by atoms with Crippen LogP contribution in [0.25, 0.3) is 0 Å². The van der Waals surface area contributed by atoms with Gasteiger partial charge in [-0.2, -0.15) is 0 Å². The van der Waals surface area contributed by atoms with E-state index in [1.165, 1.54) is 37.0 Å². The molecule has 0 saturated carbocycles. The lowest BCUT2D eigenvalue weighted by molar-refractivity contribution is -0.152. The molecule has 0 aliphatic carbocycles. The van der Waals surface area contributed by atoms with E-state index in [9.17, 15) is 14.4 Å². The summed E-state index contributed by atoms with van der Waals surface area (Å²) in [4.78, 5) is 38.9. The van der Waals surface area contributed by atoms with Gasteiger partial charge in [0.15, 0.2) is 6.61 Å². The summed E-state index contributed by atoms with van der Waals surface area (Å²) in [6.45, 7) is 6.96. The van der Waals surface area contributed by atoms with Gasteiger partial charge in [0.05, 0.1) is 13.0 Å². The van der Waals surface area contributed by atoms with E-state index in [-0.39, 0.29) is 24.8 Å². The molecule has 2 rings (SSSR count). The van der Waals surface area contributed by atoms with Gasteiger partial charge < -0.3 is 19.7 Å². The fraction of sp³-hybridized carbons (Fsp3) is 0.654. The number of nitrogens with one attached hydrogen (secondary N) is 1. The summed E-state index contributed by atoms with van der Waals surface area (Å²) in [6.07, 6.45) is 9.18. The molecule has 1 heterocycles. The number of carbonyl (C=O) groups excluding carboxylic acids is 3. The number of amides is 2. The number of piperazine rings is 1. The maximum Gasteiger partial charge on any atom is 0.308 e. The maximum absolute atomic E-state index is 12.8. The topological polar surface area (TPSA) is 84.9 Å². The molecule has 184 valence electrons. The lowest BCUT2D eigenvalue weighted by Gasteiger charge is -2.34. The van der Waals surface area contributed by atoms with Crippen molar-refractivity contribution in [3.05, 3.63) is 29.3 Å². The van der Waals surface area contributed by atoms with Gasteiger partial charge in [-0.15, -0.1) is 0 Å². The molecule has 1 fully saturated rings. The molecule has 0 bridgehead atoms. The third kappa shape index (κ3) is 9.44. The number of hydrogen-bond donors (Lipinski definition) is 1. The first kappa shape index (κ1) is 26.7. The Balaban J connectivity index is 1.75. The number of unbranched alkanes of at least 4 members (excludes halogenated alkanes) is 7. The minimum Gasteiger partial charge on any atom is -0.483 e. The van der Waals surface area contributed by atoms with Gasteiger partial charge in [-0.25, -0.2) is 0 Å². The molecule has 1 aromatic rings. The van der Waals surface area contributed by atoms with E-state index in [0.29, 0.717) is 25.4 Å². The summed E-state index contributed by atoms with van der Waals surface area (Å²) < 4.78 is 11.1. The van der Waals surface area contributed by atoms with E-state index in [0.717, 1.165) is 30.4 Å². The van der Waals surface area contributed by atoms with E-state index >= 15 is 0 Å². The third-order valence-electron chi connectivity index (χ3n) is 5.97. The second kappa shape index (κ2) is 14.6. The Morgan fingerprint density at radius 2 is 1.76 bits per heavy atom. The van der Waals surface area contributed by atoms with Gasteiger partial charge in [0.25, 0.3) is 5.91 Å². The van der Waals surface area contributed by atoms with Gasteiger partial charge in [0, 0.05) is 13.1 Å². The summed E-state index contributed by atoms with van der Waals surface area (Å²) >= 11 is 0. The van der Waals surface area contributed by atoms with Crippen molar-refractivity contribution in [2.75, 3.05) is 26.3 Å². The molecular formula is C26H40N2O5. The third-order valence-corrected chi connectivity index (χ3v) is 5.97. The highest BCUT2D eigenvalue weighted by Gasteiger charge is 2.35. The minimum atomic E-state index is -0.862. The molecular weight excluding hydrogens is 420 g/mol. The maximum atomic E-state index is 12.8. The van der Waals surface area contributed by atoms with E-state index < -0.39 is 12.0 Å². The number of aryl methyl sites for hydroxylation is 2. The molecule has 1 N–H and O–H groups in total. The summed E-state index contributed by atoms with van der Waals surface area (Å²) in [5.74, 6) is -0.448. The predicted octanol–water partition coefficient (Wildman–Crippen LogP) is 4.08. The fourth-order valence-electron chi connectivity index (χ4n) is 3.94. The van der Waals surface area contributed by atoms with Crippen LogP contribution in [0.15, 0.2) is 18.2 Å². The van der Waals surface area contributed by atoms with Crippen LogP contribution in [0.5, 0.6) is 5.75 Å². The first-order chi connectivity index (χ1) is 15.9. The molecule has 1 unspecified atom stereocenters. The lowest BCUT2D eigenvalue weighted by atomic mass is 10.1. The van der Waals surface area contributed by atoms with Gasteiger partial charge in [0.2, 0.25) is 5.91 Å². The molecule has 7 nitrogen and oxygen atoms in total. The Hall–Kier alpha value is -2.57. The summed E-state index contributed by atoms with van der Waals surface area (Å²) in [7, 11) is 0. The van der Waals surface area contributed by atoms with Gasteiger partial charge in [-0.05, 0) is 37.5 Å². The van der Waals surface area contributed by atoms with Gasteiger partial charge in [0.1, 0.15) is 11.8 Å². The summed E-state index contributed by atoms with van der Waals surface area (Å²) in [6, 6.07) is 4.94. The molecule has 1 aromatic carbocycles. The molecule has 1 saturated heterocycles. The quantitative estimate of drug-likeness (QED) is 0.334. The number of esters is 1. The normalized spacial score (nSPS) is 15.8. The highest BCUT2D eigenvalue weighted by molar-refractivity contribution is 5.92. The zero-order valence-corrected chi connectivity index (χ0v) is 20.5. The number of rotatable bonds is 14. The molecule has 2 amide bonds. The van der Waals surface area contributed by atoms with Gasteiger partial charge in [-0.1, -0.05) is 64.0 Å².